The fourth-order valence-corrected chi connectivity index (χ4v) is 0.611. The van der Waals surface area contributed by atoms with Crippen molar-refractivity contribution in [2.45, 2.75) is 25.0 Å². The molecule has 0 saturated carbocycles. The van der Waals surface area contributed by atoms with E-state index in [1.54, 1.807) is 6.08 Å². The summed E-state index contributed by atoms with van der Waals surface area (Å²) in [4.78, 5) is 10.1. The molecule has 3 N–H and O–H groups in total. The van der Waals surface area contributed by atoms with Crippen LogP contribution >= 0.6 is 0 Å². The molecular formula is C7H12O4. The summed E-state index contributed by atoms with van der Waals surface area (Å²) in [5.41, 5.74) is 0. The van der Waals surface area contributed by atoms with Crippen molar-refractivity contribution >= 4 is 5.97 Å². The van der Waals surface area contributed by atoms with Gasteiger partial charge in [0.2, 0.25) is 0 Å². The van der Waals surface area contributed by atoms with E-state index in [1.165, 1.54) is 0 Å². The number of aliphatic carboxylic acids is 1. The number of aliphatic hydroxyl groups excluding tert-OH is 2. The summed E-state index contributed by atoms with van der Waals surface area (Å²) in [5.74, 6) is -1.40. The molecule has 0 spiro atoms. The predicted molar refractivity (Wildman–Crippen MR) is 39.1 cm³/mol. The van der Waals surface area contributed by atoms with Crippen LogP contribution in [0.5, 0.6) is 0 Å². The van der Waals surface area contributed by atoms with Crippen LogP contribution in [0.4, 0.5) is 0 Å². The van der Waals surface area contributed by atoms with Gasteiger partial charge in [0.05, 0.1) is 6.10 Å². The van der Waals surface area contributed by atoms with E-state index < -0.39 is 18.2 Å². The van der Waals surface area contributed by atoms with E-state index in [0.29, 0.717) is 6.42 Å². The second kappa shape index (κ2) is 4.87. The summed E-state index contributed by atoms with van der Waals surface area (Å²) in [6.07, 6.45) is -0.624. The van der Waals surface area contributed by atoms with E-state index in [9.17, 15) is 4.79 Å². The van der Waals surface area contributed by atoms with Crippen molar-refractivity contribution in [2.24, 2.45) is 0 Å². The molecule has 64 valence electrons. The molecule has 4 heteroatoms. The minimum absolute atomic E-state index is 0.219. The van der Waals surface area contributed by atoms with Crippen molar-refractivity contribution in [2.75, 3.05) is 0 Å². The van der Waals surface area contributed by atoms with Gasteiger partial charge in [-0.05, 0) is 12.8 Å². The standard InChI is InChI=1S/C7H12O4/c1-2-3-4-5(8)6(9)7(10)11/h2,5-6,8-9H,1,3-4H2,(H,10,11)/t5-,6?/m1/s1. The second-order valence-electron chi connectivity index (χ2n) is 2.22. The lowest BCUT2D eigenvalue weighted by atomic mass is 10.1. The van der Waals surface area contributed by atoms with Crippen LogP contribution in [0.2, 0.25) is 0 Å². The number of hydrogen-bond donors (Lipinski definition) is 3. The van der Waals surface area contributed by atoms with E-state index >= 15 is 0 Å². The minimum Gasteiger partial charge on any atom is -0.479 e. The molecule has 4 nitrogen and oxygen atoms in total. The highest BCUT2D eigenvalue weighted by molar-refractivity contribution is 5.72. The Balaban J connectivity index is 3.72. The smallest absolute Gasteiger partial charge is 0.335 e. The molecule has 0 aliphatic carbocycles. The van der Waals surface area contributed by atoms with E-state index in [1.807, 2.05) is 0 Å². The van der Waals surface area contributed by atoms with Crippen LogP contribution < -0.4 is 0 Å². The lowest BCUT2D eigenvalue weighted by molar-refractivity contribution is -0.152. The van der Waals surface area contributed by atoms with Crippen LogP contribution in [0, 0.1) is 0 Å². The Kier molecular flexibility index (Phi) is 4.49. The van der Waals surface area contributed by atoms with Crippen molar-refractivity contribution < 1.29 is 20.1 Å². The lowest BCUT2D eigenvalue weighted by Gasteiger charge is -2.11. The summed E-state index contributed by atoms with van der Waals surface area (Å²) >= 11 is 0. The number of carboxylic acids is 1. The molecular weight excluding hydrogens is 148 g/mol. The molecule has 0 bridgehead atoms. The van der Waals surface area contributed by atoms with Gasteiger partial charge in [0, 0.05) is 0 Å². The normalized spacial score (nSPS) is 15.5. The van der Waals surface area contributed by atoms with Crippen LogP contribution in [0.25, 0.3) is 0 Å². The highest BCUT2D eigenvalue weighted by Crippen LogP contribution is 2.02. The van der Waals surface area contributed by atoms with Gasteiger partial charge in [-0.15, -0.1) is 6.58 Å². The van der Waals surface area contributed by atoms with Gasteiger partial charge in [-0.25, -0.2) is 4.79 Å². The SMILES string of the molecule is C=CCC[C@@H](O)C(O)C(=O)O. The molecule has 11 heavy (non-hydrogen) atoms. The Labute approximate surface area is 64.8 Å². The first-order chi connectivity index (χ1) is 5.09. The zero-order valence-electron chi connectivity index (χ0n) is 6.10. The number of carboxylic acid groups (broad SMARTS) is 1. The van der Waals surface area contributed by atoms with Crippen molar-refractivity contribution in [3.8, 4) is 0 Å². The van der Waals surface area contributed by atoms with Crippen LogP contribution in [0.3, 0.4) is 0 Å². The van der Waals surface area contributed by atoms with Crippen molar-refractivity contribution in [3.05, 3.63) is 12.7 Å². The summed E-state index contributed by atoms with van der Waals surface area (Å²) in [6, 6.07) is 0. The summed E-state index contributed by atoms with van der Waals surface area (Å²) in [7, 11) is 0. The van der Waals surface area contributed by atoms with Crippen LogP contribution in [-0.2, 0) is 4.79 Å². The first-order valence-corrected chi connectivity index (χ1v) is 3.29. The fraction of sp³-hybridized carbons (Fsp3) is 0.571. The van der Waals surface area contributed by atoms with Crippen molar-refractivity contribution in [3.63, 3.8) is 0 Å². The molecule has 0 aromatic heterocycles. The highest BCUT2D eigenvalue weighted by atomic mass is 16.4. The number of aliphatic hydroxyl groups is 2. The largest absolute Gasteiger partial charge is 0.479 e. The number of carbonyl (C=O) groups is 1. The Morgan fingerprint density at radius 2 is 2.09 bits per heavy atom. The molecule has 0 radical (unpaired) electrons. The predicted octanol–water partition coefficient (Wildman–Crippen LogP) is -0.241. The zero-order valence-corrected chi connectivity index (χ0v) is 6.10. The van der Waals surface area contributed by atoms with Gasteiger partial charge in [0.25, 0.3) is 0 Å². The second-order valence-corrected chi connectivity index (χ2v) is 2.22. The number of hydrogen-bond acceptors (Lipinski definition) is 3. The molecule has 0 fully saturated rings. The van der Waals surface area contributed by atoms with Crippen molar-refractivity contribution in [1.29, 1.82) is 0 Å². The lowest BCUT2D eigenvalue weighted by Crippen LogP contribution is -2.33. The van der Waals surface area contributed by atoms with Crippen LogP contribution in [0.1, 0.15) is 12.8 Å². The fourth-order valence-electron chi connectivity index (χ4n) is 0.611. The zero-order chi connectivity index (χ0) is 8.85. The van der Waals surface area contributed by atoms with Crippen LogP contribution in [-0.4, -0.2) is 33.5 Å². The minimum atomic E-state index is -1.69. The topological polar surface area (TPSA) is 77.8 Å². The molecule has 0 heterocycles. The Hall–Kier alpha value is -0.870. The summed E-state index contributed by atoms with van der Waals surface area (Å²) in [6.45, 7) is 3.40. The van der Waals surface area contributed by atoms with Gasteiger partial charge < -0.3 is 15.3 Å². The molecule has 0 amide bonds. The Morgan fingerprint density at radius 1 is 1.55 bits per heavy atom. The maximum absolute atomic E-state index is 10.1. The van der Waals surface area contributed by atoms with Gasteiger partial charge in [0.1, 0.15) is 0 Å². The molecule has 0 aliphatic heterocycles. The summed E-state index contributed by atoms with van der Waals surface area (Å²) < 4.78 is 0. The number of rotatable bonds is 5. The monoisotopic (exact) mass is 160 g/mol. The first kappa shape index (κ1) is 10.1. The average Bonchev–Trinajstić information content (AvgIpc) is 1.98. The third kappa shape index (κ3) is 3.75. The Bertz CT molecular complexity index is 143. The third-order valence-electron chi connectivity index (χ3n) is 1.28. The van der Waals surface area contributed by atoms with E-state index in [0.717, 1.165) is 0 Å². The highest BCUT2D eigenvalue weighted by Gasteiger charge is 2.22. The molecule has 0 rings (SSSR count). The summed E-state index contributed by atoms with van der Waals surface area (Å²) in [5, 5.41) is 25.9. The maximum Gasteiger partial charge on any atom is 0.335 e. The van der Waals surface area contributed by atoms with Gasteiger partial charge in [-0.2, -0.15) is 0 Å². The van der Waals surface area contributed by atoms with E-state index in [-0.39, 0.29) is 6.42 Å². The molecule has 0 aromatic rings. The van der Waals surface area contributed by atoms with Gasteiger partial charge >= 0.3 is 5.97 Å². The molecule has 2 atom stereocenters. The van der Waals surface area contributed by atoms with Gasteiger partial charge in [-0.1, -0.05) is 6.08 Å². The molecule has 0 aromatic carbocycles. The molecule has 0 saturated heterocycles. The van der Waals surface area contributed by atoms with Crippen LogP contribution in [0.15, 0.2) is 12.7 Å². The van der Waals surface area contributed by atoms with Crippen molar-refractivity contribution in [1.82, 2.24) is 0 Å². The average molecular weight is 160 g/mol. The quantitative estimate of drug-likeness (QED) is 0.485. The Morgan fingerprint density at radius 3 is 2.45 bits per heavy atom. The molecule has 0 aliphatic rings. The first-order valence-electron chi connectivity index (χ1n) is 3.29. The van der Waals surface area contributed by atoms with Gasteiger partial charge in [0.15, 0.2) is 6.10 Å². The van der Waals surface area contributed by atoms with E-state index in [4.69, 9.17) is 15.3 Å². The van der Waals surface area contributed by atoms with E-state index in [2.05, 4.69) is 6.58 Å². The molecule has 1 unspecified atom stereocenters. The number of allylic oxidation sites excluding steroid dienone is 1. The van der Waals surface area contributed by atoms with Gasteiger partial charge in [-0.3, -0.25) is 0 Å². The third-order valence-corrected chi connectivity index (χ3v) is 1.28. The maximum atomic E-state index is 10.1.